The molecule has 2 aromatic carbocycles. The topological polar surface area (TPSA) is 69.5 Å². The van der Waals surface area contributed by atoms with Gasteiger partial charge in [-0.25, -0.2) is 0 Å². The minimum absolute atomic E-state index is 0.282. The molecule has 1 amide bonds. The summed E-state index contributed by atoms with van der Waals surface area (Å²) in [5.41, 5.74) is -0.981. The molecule has 3 aromatic rings. The third kappa shape index (κ3) is 4.11. The number of aryl methyl sites for hydroxylation is 1. The molecule has 12 heteroatoms. The molecule has 2 aliphatic heterocycles. The van der Waals surface area contributed by atoms with E-state index in [9.17, 15) is 26.7 Å². The number of benzene rings is 2. The fourth-order valence-corrected chi connectivity index (χ4v) is 4.51. The van der Waals surface area contributed by atoms with Gasteiger partial charge in [0.05, 0.1) is 25.3 Å². The van der Waals surface area contributed by atoms with Crippen molar-refractivity contribution in [1.82, 2.24) is 14.8 Å². The van der Waals surface area contributed by atoms with E-state index >= 15 is 0 Å². The highest BCUT2D eigenvalue weighted by Gasteiger charge is 2.43. The number of rotatable bonds is 6. The molecule has 5 rings (SSSR count). The first-order valence-corrected chi connectivity index (χ1v) is 10.6. The number of nitrogens with zero attached hydrogens (tertiary/aromatic N) is 4. The number of halogens is 5. The predicted octanol–water partition coefficient (Wildman–Crippen LogP) is 4.11. The Bertz CT molecular complexity index is 1290. The third-order valence-corrected chi connectivity index (χ3v) is 6.37. The van der Waals surface area contributed by atoms with Crippen LogP contribution >= 0.6 is 0 Å². The second-order valence-electron chi connectivity index (χ2n) is 8.62. The van der Waals surface area contributed by atoms with Gasteiger partial charge in [0.2, 0.25) is 0 Å². The average molecular weight is 494 g/mol. The van der Waals surface area contributed by atoms with E-state index < -0.39 is 35.4 Å². The number of alkyl halides is 5. The first-order chi connectivity index (χ1) is 16.6. The Morgan fingerprint density at radius 3 is 2.57 bits per heavy atom. The molecule has 1 fully saturated rings. The van der Waals surface area contributed by atoms with Gasteiger partial charge in [-0.05, 0) is 35.4 Å². The molecule has 0 N–H and O–H groups in total. The summed E-state index contributed by atoms with van der Waals surface area (Å²) in [6.07, 6.45) is -2.75. The van der Waals surface area contributed by atoms with Gasteiger partial charge in [-0.15, -0.1) is 10.2 Å². The number of carbonyl (C=O) groups excluding carboxylic acids is 1. The van der Waals surface area contributed by atoms with Crippen molar-refractivity contribution in [3.05, 3.63) is 70.8 Å². The van der Waals surface area contributed by atoms with Crippen molar-refractivity contribution in [1.29, 1.82) is 0 Å². The fraction of sp³-hybridized carbons (Fsp3) is 0.348. The van der Waals surface area contributed by atoms with Crippen molar-refractivity contribution in [3.63, 3.8) is 0 Å². The Morgan fingerprint density at radius 2 is 1.97 bits per heavy atom. The first-order valence-electron chi connectivity index (χ1n) is 10.6. The molecule has 2 aliphatic rings. The smallest absolute Gasteiger partial charge is 0.416 e. The van der Waals surface area contributed by atoms with Gasteiger partial charge >= 0.3 is 12.8 Å². The minimum Gasteiger partial charge on any atom is -0.435 e. The standard InChI is InChI=1S/C23H19F5N4O3/c1-31-12-29-30-19(31)8-22(10-34-11-22)13-3-2-4-14(5-13)32-9-17-16(20(32)33)6-15(35-21(24)25)7-18(17)23(26,27)28/h2-7,12,21H,8-11H2,1H3. The van der Waals surface area contributed by atoms with Gasteiger partial charge in [-0.1, -0.05) is 12.1 Å². The van der Waals surface area contributed by atoms with Crippen LogP contribution in [0.5, 0.6) is 5.75 Å². The summed E-state index contributed by atoms with van der Waals surface area (Å²) in [4.78, 5) is 14.3. The van der Waals surface area contributed by atoms with Crippen molar-refractivity contribution in [2.45, 2.75) is 31.2 Å². The maximum atomic E-state index is 13.7. The molecule has 1 saturated heterocycles. The SMILES string of the molecule is Cn1cnnc1CC1(c2cccc(N3Cc4c(cc(OC(F)F)cc4C(F)(F)F)C3=O)c2)COC1. The number of hydrogen-bond acceptors (Lipinski definition) is 5. The lowest BCUT2D eigenvalue weighted by molar-refractivity contribution is -0.138. The van der Waals surface area contributed by atoms with Crippen molar-refractivity contribution >= 4 is 11.6 Å². The lowest BCUT2D eigenvalue weighted by Crippen LogP contribution is -2.49. The zero-order valence-electron chi connectivity index (χ0n) is 18.4. The number of carbonyl (C=O) groups is 1. The van der Waals surface area contributed by atoms with Crippen LogP contribution in [0.3, 0.4) is 0 Å². The van der Waals surface area contributed by atoms with Crippen molar-refractivity contribution in [2.75, 3.05) is 18.1 Å². The molecule has 184 valence electrons. The van der Waals surface area contributed by atoms with Crippen LogP contribution in [0.2, 0.25) is 0 Å². The summed E-state index contributed by atoms with van der Waals surface area (Å²) in [5, 5.41) is 8.02. The van der Waals surface area contributed by atoms with E-state index in [-0.39, 0.29) is 17.7 Å². The van der Waals surface area contributed by atoms with Gasteiger partial charge in [0.25, 0.3) is 5.91 Å². The maximum Gasteiger partial charge on any atom is 0.416 e. The van der Waals surface area contributed by atoms with Crippen molar-refractivity contribution in [2.24, 2.45) is 7.05 Å². The second kappa shape index (κ2) is 8.29. The lowest BCUT2D eigenvalue weighted by atomic mass is 9.75. The van der Waals surface area contributed by atoms with Crippen LogP contribution in [-0.2, 0) is 36.3 Å². The molecule has 0 saturated carbocycles. The van der Waals surface area contributed by atoms with Gasteiger partial charge in [0.1, 0.15) is 17.9 Å². The number of fused-ring (bicyclic) bond motifs is 1. The first kappa shape index (κ1) is 23.2. The normalized spacial score (nSPS) is 17.0. The summed E-state index contributed by atoms with van der Waals surface area (Å²) >= 11 is 0. The minimum atomic E-state index is -4.85. The maximum absolute atomic E-state index is 13.7. The van der Waals surface area contributed by atoms with Gasteiger partial charge < -0.3 is 18.9 Å². The molecule has 7 nitrogen and oxygen atoms in total. The van der Waals surface area contributed by atoms with Crippen molar-refractivity contribution < 1.29 is 36.2 Å². The van der Waals surface area contributed by atoms with E-state index in [1.54, 1.807) is 29.1 Å². The van der Waals surface area contributed by atoms with Gasteiger partial charge in [0, 0.05) is 30.1 Å². The largest absolute Gasteiger partial charge is 0.435 e. The Hall–Kier alpha value is -3.54. The van der Waals surface area contributed by atoms with Gasteiger partial charge in [0.15, 0.2) is 0 Å². The van der Waals surface area contributed by atoms with Gasteiger partial charge in [-0.3, -0.25) is 4.79 Å². The Balaban J connectivity index is 1.50. The van der Waals surface area contributed by atoms with E-state index in [2.05, 4.69) is 14.9 Å². The third-order valence-electron chi connectivity index (χ3n) is 6.37. The predicted molar refractivity (Wildman–Crippen MR) is 112 cm³/mol. The molecular formula is C23H19F5N4O3. The molecule has 0 spiro atoms. The number of ether oxygens (including phenoxy) is 2. The van der Waals surface area contributed by atoms with Crippen molar-refractivity contribution in [3.8, 4) is 5.75 Å². The Morgan fingerprint density at radius 1 is 1.20 bits per heavy atom. The fourth-order valence-electron chi connectivity index (χ4n) is 4.51. The number of aromatic nitrogens is 3. The molecule has 35 heavy (non-hydrogen) atoms. The average Bonchev–Trinajstić information content (AvgIpc) is 3.32. The molecular weight excluding hydrogens is 475 g/mol. The monoisotopic (exact) mass is 494 g/mol. The molecule has 0 atom stereocenters. The molecule has 0 bridgehead atoms. The quantitative estimate of drug-likeness (QED) is 0.483. The highest BCUT2D eigenvalue weighted by atomic mass is 19.4. The van der Waals surface area contributed by atoms with E-state index in [1.165, 1.54) is 4.90 Å². The van der Waals surface area contributed by atoms with E-state index in [0.717, 1.165) is 17.5 Å². The van der Waals surface area contributed by atoms with E-state index in [0.29, 0.717) is 31.4 Å². The zero-order valence-corrected chi connectivity index (χ0v) is 18.4. The highest BCUT2D eigenvalue weighted by molar-refractivity contribution is 6.10. The molecule has 0 aliphatic carbocycles. The summed E-state index contributed by atoms with van der Waals surface area (Å²) < 4.78 is 77.9. The van der Waals surface area contributed by atoms with Crippen LogP contribution in [0.4, 0.5) is 27.6 Å². The lowest BCUT2D eigenvalue weighted by Gasteiger charge is -2.42. The molecule has 3 heterocycles. The van der Waals surface area contributed by atoms with Crippen LogP contribution in [-0.4, -0.2) is 40.5 Å². The summed E-state index contributed by atoms with van der Waals surface area (Å²) in [5.74, 6) is -0.705. The zero-order chi connectivity index (χ0) is 25.0. The van der Waals surface area contributed by atoms with Crippen LogP contribution < -0.4 is 9.64 Å². The van der Waals surface area contributed by atoms with Gasteiger partial charge in [-0.2, -0.15) is 22.0 Å². The van der Waals surface area contributed by atoms with Crippen LogP contribution in [0.1, 0.15) is 32.9 Å². The van der Waals surface area contributed by atoms with E-state index in [1.807, 2.05) is 13.1 Å². The number of amides is 1. The number of hydrogen-bond donors (Lipinski definition) is 0. The highest BCUT2D eigenvalue weighted by Crippen LogP contribution is 2.42. The summed E-state index contributed by atoms with van der Waals surface area (Å²) in [6, 6.07) is 8.37. The summed E-state index contributed by atoms with van der Waals surface area (Å²) in [6.45, 7) is -2.87. The Labute approximate surface area is 196 Å². The number of anilines is 1. The van der Waals surface area contributed by atoms with Crippen LogP contribution in [0, 0.1) is 0 Å². The van der Waals surface area contributed by atoms with Crippen LogP contribution in [0.15, 0.2) is 42.7 Å². The van der Waals surface area contributed by atoms with Crippen LogP contribution in [0.25, 0.3) is 0 Å². The second-order valence-corrected chi connectivity index (χ2v) is 8.62. The molecule has 0 unspecified atom stereocenters. The molecule has 0 radical (unpaired) electrons. The van der Waals surface area contributed by atoms with E-state index in [4.69, 9.17) is 4.74 Å². The summed E-state index contributed by atoms with van der Waals surface area (Å²) in [7, 11) is 1.82. The Kier molecular flexibility index (Phi) is 5.50. The molecule has 1 aromatic heterocycles.